The first-order chi connectivity index (χ1) is 9.20. The molecule has 0 unspecified atom stereocenters. The second-order valence-corrected chi connectivity index (χ2v) is 4.72. The third-order valence-electron chi connectivity index (χ3n) is 3.11. The number of carbonyl (C=O) groups is 2. The van der Waals surface area contributed by atoms with Crippen LogP contribution in [0.15, 0.2) is 30.3 Å². The monoisotopic (exact) mass is 261 g/mol. The van der Waals surface area contributed by atoms with Gasteiger partial charge < -0.3 is 9.64 Å². The van der Waals surface area contributed by atoms with Gasteiger partial charge in [0.25, 0.3) is 0 Å². The summed E-state index contributed by atoms with van der Waals surface area (Å²) in [4.78, 5) is 25.4. The number of hydrogen-bond donors (Lipinski definition) is 0. The average molecular weight is 261 g/mol. The molecule has 1 aromatic carbocycles. The van der Waals surface area contributed by atoms with E-state index in [2.05, 4.69) is 0 Å². The van der Waals surface area contributed by atoms with E-state index in [-0.39, 0.29) is 24.5 Å². The van der Waals surface area contributed by atoms with E-state index in [1.54, 1.807) is 11.8 Å². The third kappa shape index (κ3) is 4.09. The van der Waals surface area contributed by atoms with Crippen LogP contribution in [0, 0.1) is 0 Å². The summed E-state index contributed by atoms with van der Waals surface area (Å²) < 4.78 is 4.92. The molecule has 1 fully saturated rings. The van der Waals surface area contributed by atoms with Crippen molar-refractivity contribution in [3.63, 3.8) is 0 Å². The van der Waals surface area contributed by atoms with Crippen molar-refractivity contribution >= 4 is 11.9 Å². The molecule has 0 saturated heterocycles. The van der Waals surface area contributed by atoms with Gasteiger partial charge in [0.2, 0.25) is 5.91 Å². The molecule has 0 heterocycles. The summed E-state index contributed by atoms with van der Waals surface area (Å²) in [6.45, 7) is 2.19. The van der Waals surface area contributed by atoms with Gasteiger partial charge in [0, 0.05) is 6.04 Å². The Hall–Kier alpha value is -1.84. The van der Waals surface area contributed by atoms with Crippen molar-refractivity contribution < 1.29 is 14.3 Å². The van der Waals surface area contributed by atoms with Crippen molar-refractivity contribution in [2.75, 3.05) is 13.2 Å². The van der Waals surface area contributed by atoms with Crippen LogP contribution >= 0.6 is 0 Å². The first-order valence-electron chi connectivity index (χ1n) is 6.69. The van der Waals surface area contributed by atoms with Crippen LogP contribution in [-0.2, 0) is 20.7 Å². The Labute approximate surface area is 113 Å². The van der Waals surface area contributed by atoms with Crippen molar-refractivity contribution in [3.05, 3.63) is 35.9 Å². The molecule has 0 N–H and O–H groups in total. The van der Waals surface area contributed by atoms with Gasteiger partial charge in [-0.3, -0.25) is 9.59 Å². The minimum atomic E-state index is -0.323. The Bertz CT molecular complexity index is 440. The van der Waals surface area contributed by atoms with Crippen LogP contribution in [-0.4, -0.2) is 36.0 Å². The maximum Gasteiger partial charge on any atom is 0.325 e. The van der Waals surface area contributed by atoms with E-state index in [0.717, 1.165) is 18.4 Å². The highest BCUT2D eigenvalue weighted by molar-refractivity contribution is 5.84. The van der Waals surface area contributed by atoms with Gasteiger partial charge in [0.1, 0.15) is 6.54 Å². The lowest BCUT2D eigenvalue weighted by Crippen LogP contribution is -2.39. The molecule has 0 radical (unpaired) electrons. The van der Waals surface area contributed by atoms with Gasteiger partial charge in [-0.15, -0.1) is 0 Å². The van der Waals surface area contributed by atoms with Crippen LogP contribution in [0.3, 0.4) is 0 Å². The zero-order valence-corrected chi connectivity index (χ0v) is 11.2. The van der Waals surface area contributed by atoms with E-state index < -0.39 is 0 Å². The quantitative estimate of drug-likeness (QED) is 0.733. The Morgan fingerprint density at radius 1 is 1.26 bits per heavy atom. The highest BCUT2D eigenvalue weighted by Crippen LogP contribution is 2.27. The van der Waals surface area contributed by atoms with Crippen LogP contribution in [0.25, 0.3) is 0 Å². The van der Waals surface area contributed by atoms with Gasteiger partial charge in [0.15, 0.2) is 0 Å². The van der Waals surface area contributed by atoms with Crippen LogP contribution in [0.5, 0.6) is 0 Å². The SMILES string of the molecule is CCOC(=O)CN(C(=O)Cc1ccccc1)C1CC1. The van der Waals surface area contributed by atoms with E-state index in [1.807, 2.05) is 30.3 Å². The lowest BCUT2D eigenvalue weighted by atomic mass is 10.1. The lowest BCUT2D eigenvalue weighted by Gasteiger charge is -2.21. The summed E-state index contributed by atoms with van der Waals surface area (Å²) >= 11 is 0. The summed E-state index contributed by atoms with van der Waals surface area (Å²) in [5.41, 5.74) is 0.974. The molecule has 0 aromatic heterocycles. The van der Waals surface area contributed by atoms with Crippen LogP contribution in [0.1, 0.15) is 25.3 Å². The molecule has 1 amide bonds. The first kappa shape index (κ1) is 13.6. The number of amides is 1. The van der Waals surface area contributed by atoms with Crippen molar-refractivity contribution in [3.8, 4) is 0 Å². The number of carbonyl (C=O) groups excluding carboxylic acids is 2. The van der Waals surface area contributed by atoms with Gasteiger partial charge in [-0.25, -0.2) is 0 Å². The van der Waals surface area contributed by atoms with Gasteiger partial charge >= 0.3 is 5.97 Å². The van der Waals surface area contributed by atoms with Crippen molar-refractivity contribution in [2.24, 2.45) is 0 Å². The summed E-state index contributed by atoms with van der Waals surface area (Å²) in [6, 6.07) is 9.82. The smallest absolute Gasteiger partial charge is 0.325 e. The highest BCUT2D eigenvalue weighted by atomic mass is 16.5. The van der Waals surface area contributed by atoms with Crippen LogP contribution in [0.4, 0.5) is 0 Å². The molecule has 2 rings (SSSR count). The van der Waals surface area contributed by atoms with Crippen molar-refractivity contribution in [2.45, 2.75) is 32.2 Å². The predicted octanol–water partition coefficient (Wildman–Crippen LogP) is 1.78. The Morgan fingerprint density at radius 3 is 2.53 bits per heavy atom. The molecule has 4 heteroatoms. The number of benzene rings is 1. The van der Waals surface area contributed by atoms with Gasteiger partial charge in [-0.2, -0.15) is 0 Å². The summed E-state index contributed by atoms with van der Waals surface area (Å²) in [7, 11) is 0. The van der Waals surface area contributed by atoms with E-state index >= 15 is 0 Å². The molecule has 1 aliphatic carbocycles. The molecule has 0 atom stereocenters. The van der Waals surface area contributed by atoms with Gasteiger partial charge in [-0.05, 0) is 25.3 Å². The Kier molecular flexibility index (Phi) is 4.55. The zero-order valence-electron chi connectivity index (χ0n) is 11.2. The molecule has 1 aliphatic rings. The van der Waals surface area contributed by atoms with E-state index in [1.165, 1.54) is 0 Å². The van der Waals surface area contributed by atoms with E-state index in [0.29, 0.717) is 13.0 Å². The molecule has 1 aromatic rings. The lowest BCUT2D eigenvalue weighted by molar-refractivity contribution is -0.149. The molecule has 0 spiro atoms. The molecule has 4 nitrogen and oxygen atoms in total. The van der Waals surface area contributed by atoms with Crippen LogP contribution < -0.4 is 0 Å². The molecule has 0 bridgehead atoms. The molecule has 0 aliphatic heterocycles. The van der Waals surface area contributed by atoms with E-state index in [9.17, 15) is 9.59 Å². The van der Waals surface area contributed by atoms with Crippen LogP contribution in [0.2, 0.25) is 0 Å². The minimum absolute atomic E-state index is 0.00162. The topological polar surface area (TPSA) is 46.6 Å². The predicted molar refractivity (Wildman–Crippen MR) is 71.5 cm³/mol. The number of esters is 1. The standard InChI is InChI=1S/C15H19NO3/c1-2-19-15(18)11-16(13-8-9-13)14(17)10-12-6-4-3-5-7-12/h3-7,13H,2,8-11H2,1H3. The molecule has 102 valence electrons. The maximum absolute atomic E-state index is 12.3. The normalized spacial score (nSPS) is 13.9. The van der Waals surface area contributed by atoms with Gasteiger partial charge in [-0.1, -0.05) is 30.3 Å². The Balaban J connectivity index is 1.95. The largest absolute Gasteiger partial charge is 0.465 e. The molecule has 1 saturated carbocycles. The maximum atomic E-state index is 12.3. The average Bonchev–Trinajstić information content (AvgIpc) is 3.21. The van der Waals surface area contributed by atoms with Crippen molar-refractivity contribution in [1.82, 2.24) is 4.90 Å². The van der Waals surface area contributed by atoms with Gasteiger partial charge in [0.05, 0.1) is 13.0 Å². The summed E-state index contributed by atoms with van der Waals surface area (Å²) in [6.07, 6.45) is 2.32. The second kappa shape index (κ2) is 6.36. The third-order valence-corrected chi connectivity index (χ3v) is 3.11. The number of hydrogen-bond acceptors (Lipinski definition) is 3. The van der Waals surface area contributed by atoms with Crippen molar-refractivity contribution in [1.29, 1.82) is 0 Å². The first-order valence-corrected chi connectivity index (χ1v) is 6.69. The fraction of sp³-hybridized carbons (Fsp3) is 0.467. The number of ether oxygens (including phenoxy) is 1. The van der Waals surface area contributed by atoms with E-state index in [4.69, 9.17) is 4.74 Å². The fourth-order valence-electron chi connectivity index (χ4n) is 2.02. The molecule has 19 heavy (non-hydrogen) atoms. The minimum Gasteiger partial charge on any atom is -0.465 e. The second-order valence-electron chi connectivity index (χ2n) is 4.72. The molecular formula is C15H19NO3. The zero-order chi connectivity index (χ0) is 13.7. The summed E-state index contributed by atoms with van der Waals surface area (Å²) in [5, 5.41) is 0. The number of nitrogens with zero attached hydrogens (tertiary/aromatic N) is 1. The fourth-order valence-corrected chi connectivity index (χ4v) is 2.02. The summed E-state index contributed by atoms with van der Waals surface area (Å²) in [5.74, 6) is -0.322. The Morgan fingerprint density at radius 2 is 1.95 bits per heavy atom. The number of rotatable bonds is 6. The molecular weight excluding hydrogens is 242 g/mol. The highest BCUT2D eigenvalue weighted by Gasteiger charge is 2.33.